The van der Waals surface area contributed by atoms with Crippen LogP contribution in [-0.2, 0) is 69.1 Å². The van der Waals surface area contributed by atoms with Gasteiger partial charge in [-0.05, 0) is 82.9 Å². The third kappa shape index (κ3) is 13.6. The van der Waals surface area contributed by atoms with Crippen molar-refractivity contribution in [2.75, 3.05) is 41.7 Å². The van der Waals surface area contributed by atoms with Crippen LogP contribution in [0.1, 0.15) is 34.1 Å². The van der Waals surface area contributed by atoms with Gasteiger partial charge in [0.15, 0.2) is 12.6 Å². The van der Waals surface area contributed by atoms with Gasteiger partial charge in [-0.2, -0.15) is 0 Å². The van der Waals surface area contributed by atoms with Gasteiger partial charge < -0.3 is 71.4 Å². The van der Waals surface area contributed by atoms with Crippen LogP contribution in [0.25, 0.3) is 0 Å². The number of nitrogens with zero attached hydrogens (tertiary/aromatic N) is 1. The highest BCUT2D eigenvalue weighted by Gasteiger charge is 2.56. The number of benzene rings is 6. The summed E-state index contributed by atoms with van der Waals surface area (Å²) >= 11 is 0. The molecule has 0 aromatic heterocycles. The van der Waals surface area contributed by atoms with Crippen molar-refractivity contribution in [2.45, 2.75) is 94.1 Å². The van der Waals surface area contributed by atoms with E-state index in [1.165, 1.54) is 24.3 Å². The number of nitro benzene ring substituents is 1. The van der Waals surface area contributed by atoms with Gasteiger partial charge in [-0.25, -0.2) is 0 Å². The van der Waals surface area contributed by atoms with Crippen molar-refractivity contribution in [3.63, 3.8) is 0 Å². The average Bonchev–Trinajstić information content (AvgIpc) is 3.45. The van der Waals surface area contributed by atoms with E-state index in [1.807, 2.05) is 127 Å². The minimum absolute atomic E-state index is 0.00144. The van der Waals surface area contributed by atoms with Crippen LogP contribution in [0.15, 0.2) is 152 Å². The van der Waals surface area contributed by atoms with Crippen LogP contribution in [0.3, 0.4) is 0 Å². The molecule has 6 aromatic rings. The van der Waals surface area contributed by atoms with Crippen molar-refractivity contribution in [2.24, 2.45) is 0 Å². The number of hydrogen-bond donors (Lipinski definition) is 1. The molecule has 0 amide bonds. The summed E-state index contributed by atoms with van der Waals surface area (Å²) in [6.07, 6.45) is -11.8. The Hall–Kier alpha value is -6.68. The van der Waals surface area contributed by atoms with E-state index in [4.69, 9.17) is 66.3 Å². The molecule has 3 aliphatic heterocycles. The number of methoxy groups -OCH3 is 4. The summed E-state index contributed by atoms with van der Waals surface area (Å²) in [6.45, 7) is 0.566. The van der Waals surface area contributed by atoms with E-state index >= 15 is 0 Å². The fraction of sp³-hybridized carbons (Fsp3) is 0.368. The lowest BCUT2D eigenvalue weighted by atomic mass is 9.95. The lowest BCUT2D eigenvalue weighted by Gasteiger charge is -2.51. The smallest absolute Gasteiger partial charge is 0.269 e. The lowest BCUT2D eigenvalue weighted by molar-refractivity contribution is -0.391. The van der Waals surface area contributed by atoms with Crippen LogP contribution >= 0.6 is 0 Å². The Morgan fingerprint density at radius 3 is 1.52 bits per heavy atom. The molecule has 75 heavy (non-hydrogen) atoms. The second kappa shape index (κ2) is 25.7. The summed E-state index contributed by atoms with van der Waals surface area (Å²) in [5.41, 5.74) is 4.00. The lowest BCUT2D eigenvalue weighted by Crippen LogP contribution is -2.67. The molecule has 0 spiro atoms. The van der Waals surface area contributed by atoms with E-state index in [2.05, 4.69) is 0 Å². The Kier molecular flexibility index (Phi) is 18.2. The maximum absolute atomic E-state index is 12.5. The van der Waals surface area contributed by atoms with E-state index in [0.29, 0.717) is 23.0 Å². The summed E-state index contributed by atoms with van der Waals surface area (Å²) in [5, 5.41) is 24.0. The fourth-order valence-corrected chi connectivity index (χ4v) is 8.98. The first-order chi connectivity index (χ1) is 36.7. The van der Waals surface area contributed by atoms with Crippen LogP contribution in [0.2, 0.25) is 0 Å². The minimum Gasteiger partial charge on any atom is -0.497 e. The van der Waals surface area contributed by atoms with Crippen LogP contribution in [0, 0.1) is 10.1 Å². The number of rotatable bonds is 23. The van der Waals surface area contributed by atoms with Crippen molar-refractivity contribution in [3.8, 4) is 28.7 Å². The molecule has 11 unspecified atom stereocenters. The molecular formula is C57H61NO17. The van der Waals surface area contributed by atoms with Crippen molar-refractivity contribution >= 4 is 5.69 Å². The second-order valence-electron chi connectivity index (χ2n) is 18.0. The van der Waals surface area contributed by atoms with E-state index in [-0.39, 0.29) is 51.1 Å². The quantitative estimate of drug-likeness (QED) is 0.0476. The van der Waals surface area contributed by atoms with Gasteiger partial charge in [-0.3, -0.25) is 10.1 Å². The molecule has 11 atom stereocenters. The number of non-ortho nitro benzene ring substituents is 1. The zero-order chi connectivity index (χ0) is 52.1. The molecular weight excluding hydrogens is 971 g/mol. The number of hydrogen-bond acceptors (Lipinski definition) is 17. The number of aliphatic hydroxyl groups excluding tert-OH is 1. The minimum atomic E-state index is -1.55. The SMILES string of the molecule is COc1ccc(COCC2OC(OC3C(O)C(Oc4ccc([N+](=O)[O-])cc4)OC4COC(c5ccccc5)OC43)C(OCc3ccc(OC)cc3)C(OCc3ccc(OC)cc3)C2OCc2ccc(OC)cc2)cc1. The third-order valence-corrected chi connectivity index (χ3v) is 13.1. The molecule has 1 N–H and O–H groups in total. The zero-order valence-corrected chi connectivity index (χ0v) is 42.0. The van der Waals surface area contributed by atoms with E-state index in [0.717, 1.165) is 27.8 Å². The molecule has 6 aromatic carbocycles. The monoisotopic (exact) mass is 1030 g/mol. The number of fused-ring (bicyclic) bond motifs is 1. The van der Waals surface area contributed by atoms with Gasteiger partial charge in [0.25, 0.3) is 5.69 Å². The summed E-state index contributed by atoms with van der Waals surface area (Å²) in [7, 11) is 6.42. The first-order valence-electron chi connectivity index (χ1n) is 24.5. The Balaban J connectivity index is 1.10. The molecule has 0 bridgehead atoms. The predicted molar refractivity (Wildman–Crippen MR) is 269 cm³/mol. The summed E-state index contributed by atoms with van der Waals surface area (Å²) < 4.78 is 88.9. The molecule has 18 nitrogen and oxygen atoms in total. The predicted octanol–water partition coefficient (Wildman–Crippen LogP) is 8.29. The van der Waals surface area contributed by atoms with Crippen molar-refractivity contribution in [3.05, 3.63) is 190 Å². The molecule has 9 rings (SSSR count). The van der Waals surface area contributed by atoms with Gasteiger partial charge in [-0.15, -0.1) is 0 Å². The largest absolute Gasteiger partial charge is 0.497 e. The Morgan fingerprint density at radius 1 is 0.533 bits per heavy atom. The van der Waals surface area contributed by atoms with E-state index < -0.39 is 72.6 Å². The molecule has 3 saturated heterocycles. The molecule has 3 heterocycles. The Labute approximate surface area is 434 Å². The summed E-state index contributed by atoms with van der Waals surface area (Å²) in [4.78, 5) is 11.0. The molecule has 3 fully saturated rings. The van der Waals surface area contributed by atoms with Gasteiger partial charge in [0, 0.05) is 17.7 Å². The molecule has 0 aliphatic carbocycles. The standard InChI is InChI=1S/C57H61NO17/c1-62-42-20-10-36(11-21-42)30-66-34-47-50(67-31-37-12-22-43(63-2)23-13-37)53(68-32-38-14-24-44(64-3)25-15-38)54(69-33-39-16-26-45(65-4)27-17-39)57(73-47)75-52-49(59)56(71-46-28-18-41(19-29-46)58(60)61)72-48-35-70-55(74-51(48)52)40-8-6-5-7-9-40/h5-29,47-57,59H,30-35H2,1-4H3. The molecule has 0 radical (unpaired) electrons. The van der Waals surface area contributed by atoms with Gasteiger partial charge in [0.1, 0.15) is 77.6 Å². The number of aliphatic hydroxyl groups is 1. The first kappa shape index (κ1) is 53.2. The third-order valence-electron chi connectivity index (χ3n) is 13.1. The zero-order valence-electron chi connectivity index (χ0n) is 42.0. The van der Waals surface area contributed by atoms with Crippen molar-refractivity contribution in [1.29, 1.82) is 0 Å². The molecule has 0 saturated carbocycles. The van der Waals surface area contributed by atoms with Crippen LogP contribution in [0.4, 0.5) is 5.69 Å². The molecule has 396 valence electrons. The van der Waals surface area contributed by atoms with Crippen molar-refractivity contribution in [1.82, 2.24) is 0 Å². The Morgan fingerprint density at radius 2 is 1.01 bits per heavy atom. The normalized spacial score (nSPS) is 25.4. The fourth-order valence-electron chi connectivity index (χ4n) is 8.98. The first-order valence-corrected chi connectivity index (χ1v) is 24.5. The Bertz CT molecular complexity index is 2680. The van der Waals surface area contributed by atoms with Crippen LogP contribution < -0.4 is 23.7 Å². The highest BCUT2D eigenvalue weighted by Crippen LogP contribution is 2.40. The summed E-state index contributed by atoms with van der Waals surface area (Å²) in [6, 6.07) is 45.0. The molecule has 3 aliphatic rings. The topological polar surface area (TPSA) is 193 Å². The van der Waals surface area contributed by atoms with Crippen LogP contribution in [-0.4, -0.2) is 113 Å². The maximum Gasteiger partial charge on any atom is 0.269 e. The van der Waals surface area contributed by atoms with E-state index in [9.17, 15) is 15.2 Å². The van der Waals surface area contributed by atoms with Gasteiger partial charge in [0.2, 0.25) is 6.29 Å². The highest BCUT2D eigenvalue weighted by atomic mass is 16.8. The van der Waals surface area contributed by atoms with Crippen molar-refractivity contribution < 1.29 is 76.3 Å². The van der Waals surface area contributed by atoms with Gasteiger partial charge in [0.05, 0.1) is 73.0 Å². The van der Waals surface area contributed by atoms with E-state index in [1.54, 1.807) is 28.4 Å². The van der Waals surface area contributed by atoms with Gasteiger partial charge in [-0.1, -0.05) is 78.9 Å². The number of nitro groups is 1. The maximum atomic E-state index is 12.5. The summed E-state index contributed by atoms with van der Waals surface area (Å²) in [5.74, 6) is 2.96. The second-order valence-corrected chi connectivity index (χ2v) is 18.0. The van der Waals surface area contributed by atoms with Crippen LogP contribution in [0.5, 0.6) is 28.7 Å². The molecule has 18 heteroatoms. The average molecular weight is 1030 g/mol. The number of ether oxygens (including phenoxy) is 14. The van der Waals surface area contributed by atoms with Gasteiger partial charge >= 0.3 is 0 Å². The highest BCUT2D eigenvalue weighted by molar-refractivity contribution is 5.36.